The number of carbonyl (C=O) groups is 1. The molecule has 0 bridgehead atoms. The molecule has 0 saturated carbocycles. The Hall–Kier alpha value is -2.60. The van der Waals surface area contributed by atoms with Crippen LogP contribution in [0.15, 0.2) is 53.1 Å². The summed E-state index contributed by atoms with van der Waals surface area (Å²) in [5.41, 5.74) is 3.80. The second kappa shape index (κ2) is 5.79. The molecule has 0 fully saturated rings. The van der Waals surface area contributed by atoms with Gasteiger partial charge in [0.2, 0.25) is 5.91 Å². The first kappa shape index (κ1) is 15.0. The highest BCUT2D eigenvalue weighted by atomic mass is 79.9. The third-order valence-electron chi connectivity index (χ3n) is 4.18. The van der Waals surface area contributed by atoms with Gasteiger partial charge in [0.05, 0.1) is 11.7 Å². The van der Waals surface area contributed by atoms with E-state index in [1.165, 1.54) is 0 Å². The molecule has 2 N–H and O–H groups in total. The number of benzene rings is 2. The van der Waals surface area contributed by atoms with Gasteiger partial charge in [-0.2, -0.15) is 5.10 Å². The molecule has 1 amide bonds. The number of fused-ring (bicyclic) bond motifs is 2. The Morgan fingerprint density at radius 2 is 2.12 bits per heavy atom. The zero-order valence-electron chi connectivity index (χ0n) is 13.0. The van der Waals surface area contributed by atoms with Gasteiger partial charge in [-0.3, -0.25) is 9.89 Å². The summed E-state index contributed by atoms with van der Waals surface area (Å²) in [6.07, 6.45) is 1.74. The Bertz CT molecular complexity index is 1060. The fourth-order valence-corrected chi connectivity index (χ4v) is 3.51. The molecular formula is C18H15BrN4O. The molecule has 4 rings (SSSR count). The van der Waals surface area contributed by atoms with Gasteiger partial charge in [0.15, 0.2) is 0 Å². The van der Waals surface area contributed by atoms with Crippen molar-refractivity contribution < 1.29 is 4.79 Å². The minimum absolute atomic E-state index is 0.0609. The van der Waals surface area contributed by atoms with Gasteiger partial charge in [0.25, 0.3) is 0 Å². The molecule has 0 atom stereocenters. The van der Waals surface area contributed by atoms with Crippen molar-refractivity contribution in [3.05, 3.63) is 58.8 Å². The number of H-pyrrole nitrogens is 1. The summed E-state index contributed by atoms with van der Waals surface area (Å²) in [5, 5.41) is 11.9. The zero-order chi connectivity index (χ0) is 16.7. The largest absolute Gasteiger partial charge is 0.334 e. The van der Waals surface area contributed by atoms with Crippen LogP contribution in [0.3, 0.4) is 0 Å². The Labute approximate surface area is 146 Å². The fraction of sp³-hybridized carbons (Fsp3) is 0.111. The van der Waals surface area contributed by atoms with Gasteiger partial charge >= 0.3 is 0 Å². The molecular weight excluding hydrogens is 368 g/mol. The number of halogens is 1. The Kier molecular flexibility index (Phi) is 3.61. The van der Waals surface area contributed by atoms with Crippen LogP contribution in [-0.4, -0.2) is 20.7 Å². The summed E-state index contributed by atoms with van der Waals surface area (Å²) in [5.74, 6) is -0.0609. The second-order valence-corrected chi connectivity index (χ2v) is 6.52. The Morgan fingerprint density at radius 1 is 1.29 bits per heavy atom. The summed E-state index contributed by atoms with van der Waals surface area (Å²) in [6, 6.07) is 13.7. The number of aromatic nitrogens is 3. The predicted molar refractivity (Wildman–Crippen MR) is 99.1 cm³/mol. The number of anilines is 1. The SMILES string of the molecule is Cc1c(Br)c2ccccc2n1CC(=O)Nc1ccc2[nH]ncc2c1. The van der Waals surface area contributed by atoms with Crippen molar-refractivity contribution in [1.29, 1.82) is 0 Å². The number of hydrogen-bond acceptors (Lipinski definition) is 2. The van der Waals surface area contributed by atoms with Crippen molar-refractivity contribution in [2.75, 3.05) is 5.32 Å². The zero-order valence-corrected chi connectivity index (χ0v) is 14.6. The van der Waals surface area contributed by atoms with E-state index < -0.39 is 0 Å². The highest BCUT2D eigenvalue weighted by Crippen LogP contribution is 2.30. The first-order chi connectivity index (χ1) is 11.6. The first-order valence-corrected chi connectivity index (χ1v) is 8.39. The summed E-state index contributed by atoms with van der Waals surface area (Å²) >= 11 is 3.62. The maximum absolute atomic E-state index is 12.5. The lowest BCUT2D eigenvalue weighted by atomic mass is 10.2. The summed E-state index contributed by atoms with van der Waals surface area (Å²) in [4.78, 5) is 12.5. The van der Waals surface area contributed by atoms with Crippen molar-refractivity contribution in [3.63, 3.8) is 0 Å². The van der Waals surface area contributed by atoms with Gasteiger partial charge < -0.3 is 9.88 Å². The lowest BCUT2D eigenvalue weighted by Gasteiger charge is -2.09. The van der Waals surface area contributed by atoms with Crippen LogP contribution in [0.25, 0.3) is 21.8 Å². The molecule has 0 radical (unpaired) electrons. The fourth-order valence-electron chi connectivity index (χ4n) is 2.96. The smallest absolute Gasteiger partial charge is 0.244 e. The topological polar surface area (TPSA) is 62.7 Å². The van der Waals surface area contributed by atoms with Gasteiger partial charge in [-0.05, 0) is 47.1 Å². The number of para-hydroxylation sites is 1. The minimum Gasteiger partial charge on any atom is -0.334 e. The molecule has 24 heavy (non-hydrogen) atoms. The van der Waals surface area contributed by atoms with Crippen LogP contribution in [0, 0.1) is 6.92 Å². The van der Waals surface area contributed by atoms with Crippen molar-refractivity contribution >= 4 is 49.3 Å². The molecule has 0 spiro atoms. The normalized spacial score (nSPS) is 11.2. The van der Waals surface area contributed by atoms with Crippen LogP contribution < -0.4 is 5.32 Å². The van der Waals surface area contributed by atoms with E-state index in [2.05, 4.69) is 31.4 Å². The number of amides is 1. The van der Waals surface area contributed by atoms with Gasteiger partial charge in [-0.1, -0.05) is 18.2 Å². The monoisotopic (exact) mass is 382 g/mol. The minimum atomic E-state index is -0.0609. The van der Waals surface area contributed by atoms with Crippen molar-refractivity contribution in [1.82, 2.24) is 14.8 Å². The van der Waals surface area contributed by atoms with Gasteiger partial charge in [-0.15, -0.1) is 0 Å². The summed E-state index contributed by atoms with van der Waals surface area (Å²) < 4.78 is 3.05. The first-order valence-electron chi connectivity index (χ1n) is 7.60. The average Bonchev–Trinajstić information content (AvgIpc) is 3.14. The van der Waals surface area contributed by atoms with Gasteiger partial charge in [-0.25, -0.2) is 0 Å². The number of aromatic amines is 1. The predicted octanol–water partition coefficient (Wildman–Crippen LogP) is 4.23. The maximum Gasteiger partial charge on any atom is 0.244 e. The van der Waals surface area contributed by atoms with E-state index in [0.29, 0.717) is 0 Å². The molecule has 120 valence electrons. The maximum atomic E-state index is 12.5. The van der Waals surface area contributed by atoms with Crippen LogP contribution in [0.1, 0.15) is 5.69 Å². The number of rotatable bonds is 3. The number of nitrogens with one attached hydrogen (secondary N) is 2. The molecule has 2 aromatic heterocycles. The highest BCUT2D eigenvalue weighted by Gasteiger charge is 2.14. The van der Waals surface area contributed by atoms with Gasteiger partial charge in [0.1, 0.15) is 6.54 Å². The Morgan fingerprint density at radius 3 is 3.00 bits per heavy atom. The Balaban J connectivity index is 1.61. The summed E-state index contributed by atoms with van der Waals surface area (Å²) in [6.45, 7) is 2.27. The van der Waals surface area contributed by atoms with Crippen LogP contribution in [0.2, 0.25) is 0 Å². The molecule has 0 unspecified atom stereocenters. The van der Waals surface area contributed by atoms with Crippen LogP contribution in [0.5, 0.6) is 0 Å². The van der Waals surface area contributed by atoms with E-state index in [9.17, 15) is 4.79 Å². The molecule has 2 aromatic carbocycles. The molecule has 0 aliphatic carbocycles. The van der Waals surface area contributed by atoms with E-state index >= 15 is 0 Å². The van der Waals surface area contributed by atoms with Crippen LogP contribution in [0.4, 0.5) is 5.69 Å². The average molecular weight is 383 g/mol. The lowest BCUT2D eigenvalue weighted by Crippen LogP contribution is -2.19. The second-order valence-electron chi connectivity index (χ2n) is 5.72. The van der Waals surface area contributed by atoms with Crippen molar-refractivity contribution in [3.8, 4) is 0 Å². The van der Waals surface area contributed by atoms with Crippen LogP contribution >= 0.6 is 15.9 Å². The van der Waals surface area contributed by atoms with Crippen LogP contribution in [-0.2, 0) is 11.3 Å². The third-order valence-corrected chi connectivity index (χ3v) is 5.18. The summed E-state index contributed by atoms with van der Waals surface area (Å²) in [7, 11) is 0. The van der Waals surface area contributed by atoms with Crippen molar-refractivity contribution in [2.45, 2.75) is 13.5 Å². The number of nitrogens with zero attached hydrogens (tertiary/aromatic N) is 2. The molecule has 4 aromatic rings. The number of carbonyl (C=O) groups excluding carboxylic acids is 1. The van der Waals surface area contributed by atoms with Gasteiger partial charge in [0, 0.05) is 32.1 Å². The molecule has 0 saturated heterocycles. The van der Waals surface area contributed by atoms with E-state index in [0.717, 1.165) is 37.7 Å². The molecule has 5 nitrogen and oxygen atoms in total. The van der Waals surface area contributed by atoms with E-state index in [1.54, 1.807) is 6.20 Å². The standard InChI is InChI=1S/C18H15BrN4O/c1-11-18(19)14-4-2-3-5-16(14)23(11)10-17(24)21-13-6-7-15-12(8-13)9-20-22-15/h2-9H,10H2,1H3,(H,20,22)(H,21,24). The molecule has 0 aliphatic heterocycles. The van der Waals surface area contributed by atoms with E-state index in [1.807, 2.05) is 54.0 Å². The van der Waals surface area contributed by atoms with Crippen molar-refractivity contribution in [2.24, 2.45) is 0 Å². The molecule has 6 heteroatoms. The molecule has 0 aliphatic rings. The lowest BCUT2D eigenvalue weighted by molar-refractivity contribution is -0.116. The van der Waals surface area contributed by atoms with E-state index in [-0.39, 0.29) is 12.5 Å². The molecule has 2 heterocycles. The highest BCUT2D eigenvalue weighted by molar-refractivity contribution is 9.10. The third kappa shape index (κ3) is 2.49. The van der Waals surface area contributed by atoms with E-state index in [4.69, 9.17) is 0 Å². The quantitative estimate of drug-likeness (QED) is 0.556. The number of hydrogen-bond donors (Lipinski definition) is 2.